The molecule has 6 heteroatoms. The van der Waals surface area contributed by atoms with E-state index in [0.717, 1.165) is 4.47 Å². The summed E-state index contributed by atoms with van der Waals surface area (Å²) in [5.74, 6) is 0.508. The average Bonchev–Trinajstić information content (AvgIpc) is 2.46. The summed E-state index contributed by atoms with van der Waals surface area (Å²) in [6, 6.07) is 11.7. The predicted octanol–water partition coefficient (Wildman–Crippen LogP) is 3.43. The van der Waals surface area contributed by atoms with Crippen LogP contribution < -0.4 is 4.74 Å². The number of hydrogen-bond donors (Lipinski definition) is 1. The lowest BCUT2D eigenvalue weighted by molar-refractivity contribution is -0.385. The molecule has 104 valence electrons. The van der Waals surface area contributed by atoms with E-state index in [1.165, 1.54) is 6.07 Å². The van der Waals surface area contributed by atoms with Gasteiger partial charge in [0.15, 0.2) is 0 Å². The van der Waals surface area contributed by atoms with Crippen LogP contribution in [0.25, 0.3) is 0 Å². The molecule has 0 fully saturated rings. The summed E-state index contributed by atoms with van der Waals surface area (Å²) < 4.78 is 6.41. The number of halogens is 1. The predicted molar refractivity (Wildman–Crippen MR) is 77.5 cm³/mol. The molecule has 0 heterocycles. The van der Waals surface area contributed by atoms with Crippen molar-refractivity contribution in [2.24, 2.45) is 0 Å². The van der Waals surface area contributed by atoms with Gasteiger partial charge < -0.3 is 9.84 Å². The van der Waals surface area contributed by atoms with Gasteiger partial charge in [-0.15, -0.1) is 0 Å². The summed E-state index contributed by atoms with van der Waals surface area (Å²) in [5.41, 5.74) is 1.14. The van der Waals surface area contributed by atoms with Crippen LogP contribution >= 0.6 is 15.9 Å². The number of hydrogen-bond acceptors (Lipinski definition) is 4. The molecule has 0 radical (unpaired) electrons. The molecule has 0 aliphatic rings. The van der Waals surface area contributed by atoms with Gasteiger partial charge in [0.1, 0.15) is 12.4 Å². The van der Waals surface area contributed by atoms with Crippen molar-refractivity contribution in [3.63, 3.8) is 0 Å². The van der Waals surface area contributed by atoms with Gasteiger partial charge in [-0.05, 0) is 24.3 Å². The van der Waals surface area contributed by atoms with Gasteiger partial charge in [-0.2, -0.15) is 0 Å². The SMILES string of the molecule is O=[N+]([O-])c1ccccc1COc1ccc(Br)cc1CO. The normalized spacial score (nSPS) is 10.3. The molecule has 0 aliphatic heterocycles. The van der Waals surface area contributed by atoms with Gasteiger partial charge >= 0.3 is 0 Å². The quantitative estimate of drug-likeness (QED) is 0.670. The molecular formula is C14H12BrNO4. The maximum Gasteiger partial charge on any atom is 0.276 e. The van der Waals surface area contributed by atoms with E-state index in [1.807, 2.05) is 0 Å². The molecule has 0 aliphatic carbocycles. The van der Waals surface area contributed by atoms with Crippen molar-refractivity contribution in [3.8, 4) is 5.75 Å². The minimum Gasteiger partial charge on any atom is -0.488 e. The van der Waals surface area contributed by atoms with Crippen LogP contribution in [-0.4, -0.2) is 10.0 Å². The number of nitro benzene ring substituents is 1. The van der Waals surface area contributed by atoms with Crippen molar-refractivity contribution >= 4 is 21.6 Å². The van der Waals surface area contributed by atoms with E-state index in [-0.39, 0.29) is 18.9 Å². The Morgan fingerprint density at radius 3 is 2.65 bits per heavy atom. The molecule has 1 N–H and O–H groups in total. The number of aliphatic hydroxyl groups is 1. The second-order valence-electron chi connectivity index (χ2n) is 4.08. The van der Waals surface area contributed by atoms with E-state index in [2.05, 4.69) is 15.9 Å². The van der Waals surface area contributed by atoms with Crippen molar-refractivity contribution in [1.82, 2.24) is 0 Å². The zero-order valence-electron chi connectivity index (χ0n) is 10.5. The zero-order chi connectivity index (χ0) is 14.5. The fraction of sp³-hybridized carbons (Fsp3) is 0.143. The van der Waals surface area contributed by atoms with E-state index in [9.17, 15) is 15.2 Å². The third-order valence-electron chi connectivity index (χ3n) is 2.76. The fourth-order valence-corrected chi connectivity index (χ4v) is 2.19. The van der Waals surface area contributed by atoms with E-state index >= 15 is 0 Å². The molecule has 0 unspecified atom stereocenters. The first-order valence-corrected chi connectivity index (χ1v) is 6.65. The Balaban J connectivity index is 2.19. The molecule has 0 amide bonds. The topological polar surface area (TPSA) is 72.6 Å². The van der Waals surface area contributed by atoms with Gasteiger partial charge in [-0.1, -0.05) is 28.1 Å². The monoisotopic (exact) mass is 337 g/mol. The smallest absolute Gasteiger partial charge is 0.276 e. The van der Waals surface area contributed by atoms with Gasteiger partial charge in [0.05, 0.1) is 17.1 Å². The van der Waals surface area contributed by atoms with Crippen LogP contribution in [-0.2, 0) is 13.2 Å². The molecule has 2 aromatic rings. The summed E-state index contributed by atoms with van der Waals surface area (Å²) >= 11 is 3.31. The van der Waals surface area contributed by atoms with Gasteiger partial charge in [0.2, 0.25) is 0 Å². The van der Waals surface area contributed by atoms with Crippen LogP contribution in [0.1, 0.15) is 11.1 Å². The highest BCUT2D eigenvalue weighted by Gasteiger charge is 2.13. The van der Waals surface area contributed by atoms with Crippen molar-refractivity contribution in [3.05, 3.63) is 68.2 Å². The Kier molecular flexibility index (Phi) is 4.70. The Labute approximate surface area is 124 Å². The van der Waals surface area contributed by atoms with Crippen LogP contribution in [0, 0.1) is 10.1 Å². The third-order valence-corrected chi connectivity index (χ3v) is 3.26. The highest BCUT2D eigenvalue weighted by atomic mass is 79.9. The maximum atomic E-state index is 10.9. The summed E-state index contributed by atoms with van der Waals surface area (Å²) in [6.45, 7) is -0.0859. The Morgan fingerprint density at radius 1 is 1.20 bits per heavy atom. The van der Waals surface area contributed by atoms with Crippen LogP contribution in [0.3, 0.4) is 0 Å². The highest BCUT2D eigenvalue weighted by Crippen LogP contribution is 2.25. The molecule has 0 saturated heterocycles. The summed E-state index contributed by atoms with van der Waals surface area (Å²) in [6.07, 6.45) is 0. The number of ether oxygens (including phenoxy) is 1. The van der Waals surface area contributed by atoms with E-state index < -0.39 is 4.92 Å². The van der Waals surface area contributed by atoms with Crippen molar-refractivity contribution in [1.29, 1.82) is 0 Å². The third kappa shape index (κ3) is 3.34. The maximum absolute atomic E-state index is 10.9. The van der Waals surface area contributed by atoms with E-state index in [1.54, 1.807) is 36.4 Å². The standard InChI is InChI=1S/C14H12BrNO4/c15-12-5-6-14(11(7-12)8-17)20-9-10-3-1-2-4-13(10)16(18)19/h1-7,17H,8-9H2. The Morgan fingerprint density at radius 2 is 1.95 bits per heavy atom. The molecule has 0 atom stereocenters. The fourth-order valence-electron chi connectivity index (χ4n) is 1.78. The molecule has 0 saturated carbocycles. The number of nitrogens with zero attached hydrogens (tertiary/aromatic N) is 1. The van der Waals surface area contributed by atoms with Gasteiger partial charge in [-0.25, -0.2) is 0 Å². The van der Waals surface area contributed by atoms with Crippen molar-refractivity contribution < 1.29 is 14.8 Å². The minimum absolute atomic E-state index is 0.0233. The number of para-hydroxylation sites is 1. The number of nitro groups is 1. The molecule has 0 aromatic heterocycles. The molecule has 5 nitrogen and oxygen atoms in total. The molecule has 20 heavy (non-hydrogen) atoms. The van der Waals surface area contributed by atoms with Gasteiger partial charge in [0.25, 0.3) is 5.69 Å². The Hall–Kier alpha value is -1.92. The number of rotatable bonds is 5. The molecular weight excluding hydrogens is 326 g/mol. The summed E-state index contributed by atoms with van der Waals surface area (Å²) in [7, 11) is 0. The summed E-state index contributed by atoms with van der Waals surface area (Å²) in [4.78, 5) is 10.5. The Bertz CT molecular complexity index is 630. The lowest BCUT2D eigenvalue weighted by Crippen LogP contribution is -2.02. The molecule has 0 bridgehead atoms. The lowest BCUT2D eigenvalue weighted by Gasteiger charge is -2.10. The van der Waals surface area contributed by atoms with Crippen LogP contribution in [0.5, 0.6) is 5.75 Å². The second-order valence-corrected chi connectivity index (χ2v) is 5.00. The van der Waals surface area contributed by atoms with Gasteiger partial charge in [0, 0.05) is 16.1 Å². The minimum atomic E-state index is -0.437. The van der Waals surface area contributed by atoms with Crippen molar-refractivity contribution in [2.45, 2.75) is 13.2 Å². The number of aliphatic hydroxyl groups excluding tert-OH is 1. The second kappa shape index (κ2) is 6.49. The first-order chi connectivity index (χ1) is 9.61. The first-order valence-electron chi connectivity index (χ1n) is 5.86. The van der Waals surface area contributed by atoms with E-state index in [4.69, 9.17) is 4.74 Å². The lowest BCUT2D eigenvalue weighted by atomic mass is 10.2. The van der Waals surface area contributed by atoms with Crippen molar-refractivity contribution in [2.75, 3.05) is 0 Å². The van der Waals surface area contributed by atoms with Crippen LogP contribution in [0.2, 0.25) is 0 Å². The van der Waals surface area contributed by atoms with Crippen LogP contribution in [0.4, 0.5) is 5.69 Å². The van der Waals surface area contributed by atoms with E-state index in [0.29, 0.717) is 16.9 Å². The first kappa shape index (κ1) is 14.5. The number of benzene rings is 2. The summed E-state index contributed by atoms with van der Waals surface area (Å²) in [5, 5.41) is 20.2. The largest absolute Gasteiger partial charge is 0.488 e. The van der Waals surface area contributed by atoms with Crippen LogP contribution in [0.15, 0.2) is 46.9 Å². The molecule has 2 rings (SSSR count). The molecule has 0 spiro atoms. The highest BCUT2D eigenvalue weighted by molar-refractivity contribution is 9.10. The van der Waals surface area contributed by atoms with Gasteiger partial charge in [-0.3, -0.25) is 10.1 Å². The molecule has 2 aromatic carbocycles. The zero-order valence-corrected chi connectivity index (χ0v) is 12.0. The average molecular weight is 338 g/mol.